The van der Waals surface area contributed by atoms with Crippen molar-refractivity contribution in [2.75, 3.05) is 33.8 Å². The molecule has 7 nitrogen and oxygen atoms in total. The van der Waals surface area contributed by atoms with Gasteiger partial charge in [0.25, 0.3) is 5.91 Å². The van der Waals surface area contributed by atoms with Gasteiger partial charge in [0, 0.05) is 31.5 Å². The van der Waals surface area contributed by atoms with Crippen molar-refractivity contribution in [2.45, 2.75) is 13.0 Å². The summed E-state index contributed by atoms with van der Waals surface area (Å²) in [4.78, 5) is 34.5. The van der Waals surface area contributed by atoms with E-state index in [0.29, 0.717) is 42.0 Å². The van der Waals surface area contributed by atoms with E-state index < -0.39 is 6.04 Å². The van der Waals surface area contributed by atoms with Crippen LogP contribution in [0, 0.1) is 0 Å². The van der Waals surface area contributed by atoms with E-state index in [1.54, 1.807) is 41.6 Å². The van der Waals surface area contributed by atoms with E-state index in [1.165, 1.54) is 0 Å². The maximum atomic E-state index is 13.4. The minimum atomic E-state index is -0.515. The van der Waals surface area contributed by atoms with E-state index in [-0.39, 0.29) is 17.1 Å². The zero-order chi connectivity index (χ0) is 20.5. The van der Waals surface area contributed by atoms with Gasteiger partial charge in [0.1, 0.15) is 11.3 Å². The molecule has 7 heteroatoms. The standard InChI is InChI=1S/C22H23N3O4/c1-4-28-15-7-8-16-17(12-15)29-21-18(20(16)26)19(14-6-5-9-23-13-14)25(22(21)27)11-10-24(2)3/h5-9,12-13,19H,4,10-11H2,1-3H3. The fourth-order valence-corrected chi connectivity index (χ4v) is 3.68. The molecule has 0 spiro atoms. The number of carbonyl (C=O) groups is 1. The first kappa shape index (κ1) is 19.1. The largest absolute Gasteiger partial charge is 0.494 e. The minimum absolute atomic E-state index is 0.101. The van der Waals surface area contributed by atoms with Gasteiger partial charge in [0.15, 0.2) is 5.43 Å². The number of benzene rings is 1. The number of hydrogen-bond acceptors (Lipinski definition) is 6. The molecule has 1 atom stereocenters. The summed E-state index contributed by atoms with van der Waals surface area (Å²) in [5.41, 5.74) is 1.32. The van der Waals surface area contributed by atoms with Gasteiger partial charge in [-0.3, -0.25) is 14.6 Å². The first-order chi connectivity index (χ1) is 14.0. The van der Waals surface area contributed by atoms with Crippen LogP contribution in [0.2, 0.25) is 0 Å². The highest BCUT2D eigenvalue weighted by Gasteiger charge is 2.42. The van der Waals surface area contributed by atoms with Crippen molar-refractivity contribution in [3.05, 3.63) is 69.8 Å². The molecule has 150 valence electrons. The van der Waals surface area contributed by atoms with Crippen LogP contribution in [0.1, 0.15) is 34.6 Å². The van der Waals surface area contributed by atoms with Crippen LogP contribution in [0.15, 0.2) is 51.9 Å². The summed E-state index contributed by atoms with van der Waals surface area (Å²) in [6.07, 6.45) is 3.36. The van der Waals surface area contributed by atoms with Gasteiger partial charge in [-0.2, -0.15) is 0 Å². The van der Waals surface area contributed by atoms with Crippen molar-refractivity contribution in [1.29, 1.82) is 0 Å². The Labute approximate surface area is 168 Å². The SMILES string of the molecule is CCOc1ccc2c(=O)c3c(oc2c1)C(=O)N(CCN(C)C)C3c1cccnc1. The van der Waals surface area contributed by atoms with Crippen molar-refractivity contribution in [2.24, 2.45) is 0 Å². The Kier molecular flexibility index (Phi) is 5.07. The van der Waals surface area contributed by atoms with E-state index in [0.717, 1.165) is 5.56 Å². The molecule has 29 heavy (non-hydrogen) atoms. The number of hydrogen-bond donors (Lipinski definition) is 0. The van der Waals surface area contributed by atoms with E-state index in [9.17, 15) is 9.59 Å². The quantitative estimate of drug-likeness (QED) is 0.641. The molecule has 1 aromatic carbocycles. The van der Waals surface area contributed by atoms with Crippen LogP contribution in [0.3, 0.4) is 0 Å². The molecule has 0 saturated heterocycles. The molecule has 0 bridgehead atoms. The maximum Gasteiger partial charge on any atom is 0.290 e. The summed E-state index contributed by atoms with van der Waals surface area (Å²) in [7, 11) is 3.89. The molecule has 0 aliphatic carbocycles. The lowest BCUT2D eigenvalue weighted by Gasteiger charge is -2.26. The summed E-state index contributed by atoms with van der Waals surface area (Å²) in [5.74, 6) is 0.419. The first-order valence-corrected chi connectivity index (χ1v) is 9.60. The number of carbonyl (C=O) groups excluding carboxylic acids is 1. The summed E-state index contributed by atoms with van der Waals surface area (Å²) in [5, 5.41) is 0.434. The number of pyridine rings is 1. The predicted octanol–water partition coefficient (Wildman–Crippen LogP) is 2.69. The molecule has 1 unspecified atom stereocenters. The van der Waals surface area contributed by atoms with Gasteiger partial charge in [-0.05, 0) is 44.8 Å². The average molecular weight is 393 g/mol. The van der Waals surface area contributed by atoms with Crippen LogP contribution in [0.4, 0.5) is 0 Å². The Morgan fingerprint density at radius 1 is 1.24 bits per heavy atom. The van der Waals surface area contributed by atoms with Crippen LogP contribution in [0.5, 0.6) is 5.75 Å². The van der Waals surface area contributed by atoms with Crippen LogP contribution >= 0.6 is 0 Å². The highest BCUT2D eigenvalue weighted by molar-refractivity contribution is 5.99. The van der Waals surface area contributed by atoms with E-state index in [4.69, 9.17) is 9.15 Å². The molecule has 0 N–H and O–H groups in total. The molecule has 3 aromatic rings. The van der Waals surface area contributed by atoms with Gasteiger partial charge < -0.3 is 19.0 Å². The third-order valence-electron chi connectivity index (χ3n) is 5.04. The molecule has 2 aromatic heterocycles. The summed E-state index contributed by atoms with van der Waals surface area (Å²) >= 11 is 0. The topological polar surface area (TPSA) is 75.9 Å². The molecule has 0 fully saturated rings. The average Bonchev–Trinajstić information content (AvgIpc) is 2.99. The number of nitrogens with zero attached hydrogens (tertiary/aromatic N) is 3. The Hall–Kier alpha value is -3.19. The van der Waals surface area contributed by atoms with Crippen molar-refractivity contribution in [3.8, 4) is 5.75 Å². The third-order valence-corrected chi connectivity index (χ3v) is 5.04. The normalized spacial score (nSPS) is 15.9. The van der Waals surface area contributed by atoms with Crippen LogP contribution < -0.4 is 10.2 Å². The van der Waals surface area contributed by atoms with Crippen LogP contribution in [-0.2, 0) is 0 Å². The van der Waals surface area contributed by atoms with Gasteiger partial charge in [-0.15, -0.1) is 0 Å². The van der Waals surface area contributed by atoms with Crippen molar-refractivity contribution in [1.82, 2.24) is 14.8 Å². The van der Waals surface area contributed by atoms with E-state index >= 15 is 0 Å². The number of rotatable bonds is 6. The van der Waals surface area contributed by atoms with Gasteiger partial charge in [0.2, 0.25) is 5.76 Å². The predicted molar refractivity (Wildman–Crippen MR) is 109 cm³/mol. The third kappa shape index (κ3) is 3.38. The van der Waals surface area contributed by atoms with Gasteiger partial charge in [-0.1, -0.05) is 6.07 Å². The zero-order valence-corrected chi connectivity index (χ0v) is 16.7. The molecule has 0 saturated carbocycles. The Balaban J connectivity index is 1.90. The summed E-state index contributed by atoms with van der Waals surface area (Å²) in [6, 6.07) is 8.27. The zero-order valence-electron chi connectivity index (χ0n) is 16.7. The molecule has 4 rings (SSSR count). The van der Waals surface area contributed by atoms with E-state index in [1.807, 2.05) is 32.0 Å². The summed E-state index contributed by atoms with van der Waals surface area (Å²) in [6.45, 7) is 3.52. The van der Waals surface area contributed by atoms with Gasteiger partial charge in [0.05, 0.1) is 23.6 Å². The number of likely N-dealkylation sites (N-methyl/N-ethyl adjacent to an activating group) is 1. The molecule has 1 amide bonds. The molecular formula is C22H23N3O4. The Morgan fingerprint density at radius 2 is 2.07 bits per heavy atom. The highest BCUT2D eigenvalue weighted by Crippen LogP contribution is 2.38. The number of amides is 1. The van der Waals surface area contributed by atoms with Gasteiger partial charge >= 0.3 is 0 Å². The fourth-order valence-electron chi connectivity index (χ4n) is 3.68. The fraction of sp³-hybridized carbons (Fsp3) is 0.318. The second-order valence-corrected chi connectivity index (χ2v) is 7.26. The molecule has 0 radical (unpaired) electrons. The minimum Gasteiger partial charge on any atom is -0.494 e. The Morgan fingerprint density at radius 3 is 2.76 bits per heavy atom. The molecular weight excluding hydrogens is 370 g/mol. The lowest BCUT2D eigenvalue weighted by molar-refractivity contribution is 0.0716. The van der Waals surface area contributed by atoms with Crippen LogP contribution in [-0.4, -0.2) is 54.5 Å². The van der Waals surface area contributed by atoms with Crippen molar-refractivity contribution >= 4 is 16.9 Å². The number of ether oxygens (including phenoxy) is 1. The number of aromatic nitrogens is 1. The summed E-state index contributed by atoms with van der Waals surface area (Å²) < 4.78 is 11.5. The molecule has 1 aliphatic rings. The molecule has 3 heterocycles. The van der Waals surface area contributed by atoms with Crippen LogP contribution in [0.25, 0.3) is 11.0 Å². The monoisotopic (exact) mass is 393 g/mol. The Bertz CT molecular complexity index is 1110. The second-order valence-electron chi connectivity index (χ2n) is 7.26. The van der Waals surface area contributed by atoms with Gasteiger partial charge in [-0.25, -0.2) is 0 Å². The highest BCUT2D eigenvalue weighted by atomic mass is 16.5. The smallest absolute Gasteiger partial charge is 0.290 e. The number of fused-ring (bicyclic) bond motifs is 2. The second kappa shape index (κ2) is 7.67. The maximum absolute atomic E-state index is 13.4. The first-order valence-electron chi connectivity index (χ1n) is 9.60. The lowest BCUT2D eigenvalue weighted by atomic mass is 10.00. The van der Waals surface area contributed by atoms with E-state index in [2.05, 4.69) is 4.98 Å². The van der Waals surface area contributed by atoms with Crippen molar-refractivity contribution < 1.29 is 13.9 Å². The lowest BCUT2D eigenvalue weighted by Crippen LogP contribution is -2.35. The molecule has 1 aliphatic heterocycles. The van der Waals surface area contributed by atoms with Crippen molar-refractivity contribution in [3.63, 3.8) is 0 Å².